The number of hydrogen-bond donors (Lipinski definition) is 2. The zero-order valence-electron chi connectivity index (χ0n) is 19.6. The van der Waals surface area contributed by atoms with Crippen molar-refractivity contribution in [2.45, 2.75) is 51.0 Å². The molecule has 0 spiro atoms. The van der Waals surface area contributed by atoms with Gasteiger partial charge in [0.05, 0.1) is 12.1 Å². The molecule has 2 rings (SSSR count). The molecule has 2 aromatic rings. The van der Waals surface area contributed by atoms with Crippen LogP contribution in [0.15, 0.2) is 60.7 Å². The molecule has 0 heterocycles. The highest BCUT2D eigenvalue weighted by atomic mass is 32.2. The maximum absolute atomic E-state index is 13.3. The van der Waals surface area contributed by atoms with Gasteiger partial charge in [-0.25, -0.2) is 13.2 Å². The zero-order chi connectivity index (χ0) is 26.1. The maximum atomic E-state index is 13.3. The van der Waals surface area contributed by atoms with Crippen molar-refractivity contribution in [1.82, 2.24) is 9.62 Å². The normalized spacial score (nSPS) is 14.1. The lowest BCUT2D eigenvalue weighted by Gasteiger charge is -2.30. The Labute approximate surface area is 204 Å². The summed E-state index contributed by atoms with van der Waals surface area (Å²) in [4.78, 5) is 12.4. The van der Waals surface area contributed by atoms with Crippen molar-refractivity contribution in [3.63, 3.8) is 0 Å². The predicted octanol–water partition coefficient (Wildman–Crippen LogP) is 4.08. The van der Waals surface area contributed by atoms with E-state index in [0.29, 0.717) is 5.56 Å². The van der Waals surface area contributed by atoms with Gasteiger partial charge in [-0.1, -0.05) is 74.5 Å². The van der Waals surface area contributed by atoms with Crippen LogP contribution >= 0.6 is 0 Å². The summed E-state index contributed by atoms with van der Waals surface area (Å²) in [6.07, 6.45) is -2.31. The standard InChI is InChI=1S/C24H31F3N2O5S/c1-18(2)13-14-29(35(32,33)24(25,26)27)16-22(30)21(15-19-9-5-3-6-10-19)28-23(31)34-17-20-11-7-4-8-12-20/h3-12,18,21-22,30H,13-17H2,1-2H3,(H,28,31)/t21-,22+/m0/s1. The van der Waals surface area contributed by atoms with E-state index in [0.717, 1.165) is 5.56 Å². The van der Waals surface area contributed by atoms with Crippen molar-refractivity contribution in [3.05, 3.63) is 71.8 Å². The van der Waals surface area contributed by atoms with Crippen LogP contribution in [0.25, 0.3) is 0 Å². The molecule has 0 aliphatic carbocycles. The first-order valence-corrected chi connectivity index (χ1v) is 12.6. The van der Waals surface area contributed by atoms with Crippen molar-refractivity contribution in [3.8, 4) is 0 Å². The maximum Gasteiger partial charge on any atom is 0.511 e. The van der Waals surface area contributed by atoms with Crippen molar-refractivity contribution in [2.75, 3.05) is 13.1 Å². The van der Waals surface area contributed by atoms with E-state index in [1.807, 2.05) is 0 Å². The average molecular weight is 517 g/mol. The number of aliphatic hydroxyl groups excluding tert-OH is 1. The molecule has 0 bridgehead atoms. The van der Waals surface area contributed by atoms with Crippen LogP contribution in [0, 0.1) is 5.92 Å². The van der Waals surface area contributed by atoms with Crippen LogP contribution in [-0.2, 0) is 27.8 Å². The number of sulfonamides is 1. The Bertz CT molecular complexity index is 1020. The first-order chi connectivity index (χ1) is 16.4. The molecule has 1 amide bonds. The quantitative estimate of drug-likeness (QED) is 0.443. The van der Waals surface area contributed by atoms with E-state index >= 15 is 0 Å². The minimum absolute atomic E-state index is 0.0481. The third-order valence-corrected chi connectivity index (χ3v) is 6.85. The highest BCUT2D eigenvalue weighted by molar-refractivity contribution is 7.90. The van der Waals surface area contributed by atoms with Crippen molar-refractivity contribution in [2.24, 2.45) is 5.92 Å². The van der Waals surface area contributed by atoms with Gasteiger partial charge < -0.3 is 15.2 Å². The summed E-state index contributed by atoms with van der Waals surface area (Å²) in [5.41, 5.74) is -4.10. The van der Waals surface area contributed by atoms with Crippen LogP contribution < -0.4 is 5.32 Å². The van der Waals surface area contributed by atoms with Gasteiger partial charge in [0.1, 0.15) is 6.61 Å². The number of alkyl halides is 3. The number of ether oxygens (including phenoxy) is 1. The SMILES string of the molecule is CC(C)CCN(C[C@@H](O)[C@H](Cc1ccccc1)NC(=O)OCc1ccccc1)S(=O)(=O)C(F)(F)F. The van der Waals surface area contributed by atoms with E-state index in [2.05, 4.69) is 5.32 Å². The Morgan fingerprint density at radius 1 is 1.03 bits per heavy atom. The van der Waals surface area contributed by atoms with E-state index < -0.39 is 46.9 Å². The van der Waals surface area contributed by atoms with E-state index in [4.69, 9.17) is 4.74 Å². The summed E-state index contributed by atoms with van der Waals surface area (Å²) < 4.78 is 69.5. The Kier molecular flexibility index (Phi) is 10.5. The van der Waals surface area contributed by atoms with Gasteiger partial charge in [-0.05, 0) is 29.9 Å². The van der Waals surface area contributed by atoms with Crippen LogP contribution in [0.2, 0.25) is 0 Å². The summed E-state index contributed by atoms with van der Waals surface area (Å²) >= 11 is 0. The molecular weight excluding hydrogens is 485 g/mol. The number of aliphatic hydroxyl groups is 1. The zero-order valence-corrected chi connectivity index (χ0v) is 20.4. The fourth-order valence-electron chi connectivity index (χ4n) is 3.26. The molecule has 0 unspecified atom stereocenters. The van der Waals surface area contributed by atoms with Gasteiger partial charge in [0.15, 0.2) is 0 Å². The summed E-state index contributed by atoms with van der Waals surface area (Å²) in [7, 11) is -5.68. The van der Waals surface area contributed by atoms with Crippen LogP contribution in [0.4, 0.5) is 18.0 Å². The number of amides is 1. The Morgan fingerprint density at radius 3 is 2.09 bits per heavy atom. The number of rotatable bonds is 12. The molecule has 7 nitrogen and oxygen atoms in total. The fraction of sp³-hybridized carbons (Fsp3) is 0.458. The van der Waals surface area contributed by atoms with Crippen molar-refractivity contribution in [1.29, 1.82) is 0 Å². The van der Waals surface area contributed by atoms with Crippen LogP contribution in [-0.4, -0.2) is 54.7 Å². The third-order valence-electron chi connectivity index (χ3n) is 5.26. The third kappa shape index (κ3) is 9.15. The molecule has 0 aliphatic rings. The number of nitrogens with one attached hydrogen (secondary N) is 1. The monoisotopic (exact) mass is 516 g/mol. The average Bonchev–Trinajstić information content (AvgIpc) is 2.80. The van der Waals surface area contributed by atoms with E-state index in [1.54, 1.807) is 74.5 Å². The van der Waals surface area contributed by atoms with E-state index in [1.165, 1.54) is 0 Å². The number of benzene rings is 2. The van der Waals surface area contributed by atoms with Gasteiger partial charge in [-0.15, -0.1) is 0 Å². The van der Waals surface area contributed by atoms with Gasteiger partial charge in [-0.2, -0.15) is 17.5 Å². The molecule has 2 aromatic carbocycles. The molecule has 2 N–H and O–H groups in total. The molecule has 2 atom stereocenters. The van der Waals surface area contributed by atoms with Crippen LogP contribution in [0.3, 0.4) is 0 Å². The van der Waals surface area contributed by atoms with Gasteiger partial charge >= 0.3 is 21.6 Å². The fourth-order valence-corrected chi connectivity index (χ4v) is 4.25. The Morgan fingerprint density at radius 2 is 1.57 bits per heavy atom. The van der Waals surface area contributed by atoms with E-state index in [9.17, 15) is 31.5 Å². The molecule has 194 valence electrons. The minimum Gasteiger partial charge on any atom is -0.445 e. The predicted molar refractivity (Wildman–Crippen MR) is 126 cm³/mol. The molecule has 0 aliphatic heterocycles. The smallest absolute Gasteiger partial charge is 0.445 e. The summed E-state index contributed by atoms with van der Waals surface area (Å²) in [6, 6.07) is 16.4. The molecular formula is C24H31F3N2O5S. The lowest BCUT2D eigenvalue weighted by atomic mass is 10.0. The molecule has 0 saturated heterocycles. The van der Waals surface area contributed by atoms with Crippen LogP contribution in [0.1, 0.15) is 31.4 Å². The molecule has 0 saturated carbocycles. The molecule has 0 radical (unpaired) electrons. The molecule has 0 aromatic heterocycles. The highest BCUT2D eigenvalue weighted by Crippen LogP contribution is 2.28. The molecule has 11 heteroatoms. The first-order valence-electron chi connectivity index (χ1n) is 11.2. The van der Waals surface area contributed by atoms with E-state index in [-0.39, 0.29) is 29.7 Å². The number of carbonyl (C=O) groups excluding carboxylic acids is 1. The number of halogens is 3. The van der Waals surface area contributed by atoms with Crippen LogP contribution in [0.5, 0.6) is 0 Å². The molecule has 35 heavy (non-hydrogen) atoms. The summed E-state index contributed by atoms with van der Waals surface area (Å²) in [5, 5.41) is 13.3. The second kappa shape index (κ2) is 12.9. The largest absolute Gasteiger partial charge is 0.511 e. The van der Waals surface area contributed by atoms with Gasteiger partial charge in [0.25, 0.3) is 0 Å². The second-order valence-electron chi connectivity index (χ2n) is 8.56. The van der Waals surface area contributed by atoms with Gasteiger partial charge in [0.2, 0.25) is 0 Å². The number of alkyl carbamates (subject to hydrolysis) is 1. The lowest BCUT2D eigenvalue weighted by molar-refractivity contribution is -0.0502. The summed E-state index contributed by atoms with van der Waals surface area (Å²) in [6.45, 7) is 2.18. The van der Waals surface area contributed by atoms with Gasteiger partial charge in [-0.3, -0.25) is 0 Å². The topological polar surface area (TPSA) is 95.9 Å². The minimum atomic E-state index is -5.68. The number of carbonyl (C=O) groups is 1. The summed E-state index contributed by atoms with van der Waals surface area (Å²) in [5.74, 6) is -0.0655. The number of nitrogens with zero attached hydrogens (tertiary/aromatic N) is 1. The lowest BCUT2D eigenvalue weighted by Crippen LogP contribution is -2.52. The highest BCUT2D eigenvalue weighted by Gasteiger charge is 2.50. The second-order valence-corrected chi connectivity index (χ2v) is 10.5. The van der Waals surface area contributed by atoms with Crippen molar-refractivity contribution < 1.29 is 36.2 Å². The van der Waals surface area contributed by atoms with Gasteiger partial charge in [0, 0.05) is 13.1 Å². The van der Waals surface area contributed by atoms with Crippen molar-refractivity contribution >= 4 is 16.1 Å². The molecule has 0 fully saturated rings. The number of hydrogen-bond acceptors (Lipinski definition) is 5. The Balaban J connectivity index is 2.19. The Hall–Kier alpha value is -2.63. The first kappa shape index (κ1) is 28.6.